The van der Waals surface area contributed by atoms with E-state index in [-0.39, 0.29) is 24.0 Å². The predicted octanol–water partition coefficient (Wildman–Crippen LogP) is 3.25. The van der Waals surface area contributed by atoms with Crippen molar-refractivity contribution in [3.63, 3.8) is 0 Å². The van der Waals surface area contributed by atoms with Crippen LogP contribution in [-0.2, 0) is 22.6 Å². The third-order valence-electron chi connectivity index (χ3n) is 4.88. The maximum Gasteiger partial charge on any atom is 0.191 e. The number of morpholine rings is 1. The molecule has 1 saturated heterocycles. The molecule has 0 aliphatic carbocycles. The smallest absolute Gasteiger partial charge is 0.191 e. The van der Waals surface area contributed by atoms with E-state index in [1.807, 2.05) is 0 Å². The second-order valence-corrected chi connectivity index (χ2v) is 7.76. The Kier molecular flexibility index (Phi) is 13.5. The SMILES string of the molecule is CCNC(=NCc1cccc(COC)c1)NCC(CC(C)C)N1CCOCC1.I. The molecule has 0 aromatic heterocycles. The van der Waals surface area contributed by atoms with Crippen molar-refractivity contribution >= 4 is 29.9 Å². The van der Waals surface area contributed by atoms with Crippen LogP contribution in [-0.4, -0.2) is 63.4 Å². The van der Waals surface area contributed by atoms with Gasteiger partial charge in [-0.15, -0.1) is 24.0 Å². The van der Waals surface area contributed by atoms with Crippen LogP contribution in [0.5, 0.6) is 0 Å². The van der Waals surface area contributed by atoms with Gasteiger partial charge in [-0.3, -0.25) is 4.90 Å². The van der Waals surface area contributed by atoms with Crippen LogP contribution in [0, 0.1) is 5.92 Å². The molecule has 166 valence electrons. The van der Waals surface area contributed by atoms with Crippen molar-refractivity contribution in [3.05, 3.63) is 35.4 Å². The molecule has 1 unspecified atom stereocenters. The summed E-state index contributed by atoms with van der Waals surface area (Å²) in [7, 11) is 1.72. The van der Waals surface area contributed by atoms with Crippen molar-refractivity contribution in [2.45, 2.75) is 46.4 Å². The van der Waals surface area contributed by atoms with Gasteiger partial charge in [0.05, 0.1) is 26.4 Å². The highest BCUT2D eigenvalue weighted by atomic mass is 127. The summed E-state index contributed by atoms with van der Waals surface area (Å²) in [6.45, 7) is 13.4. The van der Waals surface area contributed by atoms with Crippen LogP contribution in [0.15, 0.2) is 29.3 Å². The summed E-state index contributed by atoms with van der Waals surface area (Å²) in [6.07, 6.45) is 1.17. The summed E-state index contributed by atoms with van der Waals surface area (Å²) in [5.41, 5.74) is 2.37. The molecule has 0 amide bonds. The molecule has 1 aliphatic rings. The number of hydrogen-bond acceptors (Lipinski definition) is 4. The van der Waals surface area contributed by atoms with E-state index in [0.717, 1.165) is 45.4 Å². The van der Waals surface area contributed by atoms with E-state index < -0.39 is 0 Å². The van der Waals surface area contributed by atoms with Crippen molar-refractivity contribution < 1.29 is 9.47 Å². The lowest BCUT2D eigenvalue weighted by Crippen LogP contribution is -2.51. The van der Waals surface area contributed by atoms with Gasteiger partial charge in [0.15, 0.2) is 5.96 Å². The van der Waals surface area contributed by atoms with Crippen LogP contribution < -0.4 is 10.6 Å². The van der Waals surface area contributed by atoms with Crippen molar-refractivity contribution in [2.24, 2.45) is 10.9 Å². The van der Waals surface area contributed by atoms with E-state index in [1.54, 1.807) is 7.11 Å². The lowest BCUT2D eigenvalue weighted by Gasteiger charge is -2.35. The van der Waals surface area contributed by atoms with Crippen LogP contribution >= 0.6 is 24.0 Å². The van der Waals surface area contributed by atoms with Crippen molar-refractivity contribution in [1.82, 2.24) is 15.5 Å². The Morgan fingerprint density at radius 1 is 1.21 bits per heavy atom. The topological polar surface area (TPSA) is 58.1 Å². The molecule has 0 saturated carbocycles. The van der Waals surface area contributed by atoms with Crippen molar-refractivity contribution in [1.29, 1.82) is 0 Å². The Morgan fingerprint density at radius 2 is 1.93 bits per heavy atom. The highest BCUT2D eigenvalue weighted by Gasteiger charge is 2.22. The fraction of sp³-hybridized carbons (Fsp3) is 0.682. The molecule has 2 N–H and O–H groups in total. The molecule has 29 heavy (non-hydrogen) atoms. The van der Waals surface area contributed by atoms with Gasteiger partial charge in [-0.2, -0.15) is 0 Å². The Morgan fingerprint density at radius 3 is 2.59 bits per heavy atom. The Hall–Kier alpha value is -0.900. The normalized spacial score (nSPS) is 16.4. The van der Waals surface area contributed by atoms with Gasteiger partial charge >= 0.3 is 0 Å². The van der Waals surface area contributed by atoms with Gasteiger partial charge in [0.1, 0.15) is 0 Å². The average Bonchev–Trinajstić information content (AvgIpc) is 2.70. The number of methoxy groups -OCH3 is 1. The summed E-state index contributed by atoms with van der Waals surface area (Å²) in [5.74, 6) is 1.54. The van der Waals surface area contributed by atoms with Gasteiger partial charge in [0, 0.05) is 39.3 Å². The molecule has 1 fully saturated rings. The lowest BCUT2D eigenvalue weighted by molar-refractivity contribution is 0.0132. The molecule has 2 rings (SSSR count). The summed E-state index contributed by atoms with van der Waals surface area (Å²) in [6, 6.07) is 8.92. The fourth-order valence-electron chi connectivity index (χ4n) is 3.56. The molecular formula is C22H39IN4O2. The second-order valence-electron chi connectivity index (χ2n) is 7.76. The van der Waals surface area contributed by atoms with Crippen molar-refractivity contribution in [3.8, 4) is 0 Å². The summed E-state index contributed by atoms with van der Waals surface area (Å²) >= 11 is 0. The fourth-order valence-corrected chi connectivity index (χ4v) is 3.56. The second kappa shape index (κ2) is 15.0. The number of nitrogens with one attached hydrogen (secondary N) is 2. The van der Waals surface area contributed by atoms with Gasteiger partial charge in [-0.1, -0.05) is 38.1 Å². The highest BCUT2D eigenvalue weighted by molar-refractivity contribution is 14.0. The number of hydrogen-bond donors (Lipinski definition) is 2. The maximum absolute atomic E-state index is 5.53. The minimum atomic E-state index is 0. The molecule has 1 aromatic rings. The molecule has 6 nitrogen and oxygen atoms in total. The van der Waals surface area contributed by atoms with Crippen LogP contribution in [0.3, 0.4) is 0 Å². The molecule has 0 radical (unpaired) electrons. The zero-order chi connectivity index (χ0) is 20.2. The molecule has 0 spiro atoms. The first kappa shape index (κ1) is 26.1. The Bertz CT molecular complexity index is 592. The summed E-state index contributed by atoms with van der Waals surface area (Å²) < 4.78 is 10.8. The molecule has 1 aromatic carbocycles. The van der Waals surface area contributed by atoms with Gasteiger partial charge in [-0.25, -0.2) is 4.99 Å². The first-order valence-electron chi connectivity index (χ1n) is 10.5. The number of aliphatic imine (C=N–C) groups is 1. The first-order valence-corrected chi connectivity index (χ1v) is 10.5. The molecule has 1 heterocycles. The van der Waals surface area contributed by atoms with Crippen LogP contribution in [0.4, 0.5) is 0 Å². The molecule has 1 aliphatic heterocycles. The molecule has 1 atom stereocenters. The molecular weight excluding hydrogens is 479 g/mol. The zero-order valence-corrected chi connectivity index (χ0v) is 20.8. The van der Waals surface area contributed by atoms with Gasteiger partial charge in [0.2, 0.25) is 0 Å². The quantitative estimate of drug-likeness (QED) is 0.283. The van der Waals surface area contributed by atoms with Gasteiger partial charge < -0.3 is 20.1 Å². The van der Waals surface area contributed by atoms with E-state index in [4.69, 9.17) is 14.5 Å². The number of halogens is 1. The van der Waals surface area contributed by atoms with Crippen LogP contribution in [0.25, 0.3) is 0 Å². The zero-order valence-electron chi connectivity index (χ0n) is 18.4. The minimum Gasteiger partial charge on any atom is -0.380 e. The number of benzene rings is 1. The van der Waals surface area contributed by atoms with Crippen LogP contribution in [0.1, 0.15) is 38.3 Å². The maximum atomic E-state index is 5.53. The molecule has 7 heteroatoms. The number of ether oxygens (including phenoxy) is 2. The number of guanidine groups is 1. The van der Waals surface area contributed by atoms with E-state index >= 15 is 0 Å². The Labute approximate surface area is 193 Å². The van der Waals surface area contributed by atoms with E-state index in [1.165, 1.54) is 17.5 Å². The third-order valence-corrected chi connectivity index (χ3v) is 4.88. The van der Waals surface area contributed by atoms with Crippen molar-refractivity contribution in [2.75, 3.05) is 46.5 Å². The predicted molar refractivity (Wildman–Crippen MR) is 131 cm³/mol. The Balaban J connectivity index is 0.00000420. The lowest BCUT2D eigenvalue weighted by atomic mass is 10.0. The van der Waals surface area contributed by atoms with E-state index in [0.29, 0.717) is 25.1 Å². The summed E-state index contributed by atoms with van der Waals surface area (Å²) in [4.78, 5) is 7.34. The van der Waals surface area contributed by atoms with Crippen LogP contribution in [0.2, 0.25) is 0 Å². The standard InChI is InChI=1S/C22H38N4O2.HI/c1-5-23-22(24-15-19-7-6-8-20(14-19)17-27-4)25-16-21(13-18(2)3)26-9-11-28-12-10-26;/h6-8,14,18,21H,5,9-13,15-17H2,1-4H3,(H2,23,24,25);1H. The third kappa shape index (κ3) is 10.1. The minimum absolute atomic E-state index is 0. The first-order chi connectivity index (χ1) is 13.6. The highest BCUT2D eigenvalue weighted by Crippen LogP contribution is 2.13. The van der Waals surface area contributed by atoms with Gasteiger partial charge in [0.25, 0.3) is 0 Å². The molecule has 0 bridgehead atoms. The number of nitrogens with zero attached hydrogens (tertiary/aromatic N) is 2. The number of rotatable bonds is 10. The van der Waals surface area contributed by atoms with Gasteiger partial charge in [-0.05, 0) is 30.4 Å². The summed E-state index contributed by atoms with van der Waals surface area (Å²) in [5, 5.41) is 6.94. The van der Waals surface area contributed by atoms with E-state index in [9.17, 15) is 0 Å². The average molecular weight is 518 g/mol. The monoisotopic (exact) mass is 518 g/mol. The van der Waals surface area contributed by atoms with E-state index in [2.05, 4.69) is 60.6 Å². The largest absolute Gasteiger partial charge is 0.380 e.